The van der Waals surface area contributed by atoms with Gasteiger partial charge in [-0.15, -0.1) is 0 Å². The Morgan fingerprint density at radius 2 is 1.82 bits per heavy atom. The summed E-state index contributed by atoms with van der Waals surface area (Å²) >= 11 is 5.17. The molecule has 11 heavy (non-hydrogen) atoms. The van der Waals surface area contributed by atoms with Gasteiger partial charge in [-0.25, -0.2) is 0 Å². The van der Waals surface area contributed by atoms with Gasteiger partial charge < -0.3 is 0 Å². The molecule has 0 saturated heterocycles. The summed E-state index contributed by atoms with van der Waals surface area (Å²) in [4.78, 5) is 0.950. The summed E-state index contributed by atoms with van der Waals surface area (Å²) in [5.41, 5.74) is 3.95. The molecule has 0 N–H and O–H groups in total. The quantitative estimate of drug-likeness (QED) is 0.497. The first-order chi connectivity index (χ1) is 5.04. The second-order valence-electron chi connectivity index (χ2n) is 3.14. The van der Waals surface area contributed by atoms with Crippen LogP contribution in [0.1, 0.15) is 27.7 Å². The maximum absolute atomic E-state index is 5.17. The summed E-state index contributed by atoms with van der Waals surface area (Å²) in [5, 5.41) is 0. The van der Waals surface area contributed by atoms with Gasteiger partial charge in [0.15, 0.2) is 0 Å². The lowest BCUT2D eigenvalue weighted by Crippen LogP contribution is -2.14. The lowest BCUT2D eigenvalue weighted by atomic mass is 9.86. The molecule has 1 aliphatic rings. The first kappa shape index (κ1) is 8.66. The normalized spacial score (nSPS) is 25.6. The number of allylic oxidation sites excluding steroid dienone is 4. The molecule has 0 fully saturated rings. The maximum atomic E-state index is 5.17. The molecule has 1 aliphatic carbocycles. The summed E-state index contributed by atoms with van der Waals surface area (Å²) in [6, 6.07) is 0. The molecule has 0 nitrogen and oxygen atoms in total. The highest BCUT2D eigenvalue weighted by Gasteiger charge is 2.17. The van der Waals surface area contributed by atoms with Crippen LogP contribution in [0.15, 0.2) is 16.7 Å². The van der Waals surface area contributed by atoms with E-state index < -0.39 is 0 Å². The van der Waals surface area contributed by atoms with Gasteiger partial charge in [-0.3, -0.25) is 0 Å². The van der Waals surface area contributed by atoms with Gasteiger partial charge in [0.1, 0.15) is 0 Å². The fourth-order valence-electron chi connectivity index (χ4n) is 1.20. The molecule has 59 valence electrons. The molecular formula is C10H13S. The molecule has 1 heteroatoms. The minimum Gasteiger partial charge on any atom is -0.0836 e. The minimum absolute atomic E-state index is 0.411. The van der Waals surface area contributed by atoms with Crippen molar-refractivity contribution in [1.29, 1.82) is 0 Å². The summed E-state index contributed by atoms with van der Waals surface area (Å²) in [6.07, 6.45) is 3.20. The second-order valence-corrected chi connectivity index (χ2v) is 3.58. The lowest BCUT2D eigenvalue weighted by molar-refractivity contribution is 0.895. The molecular weight excluding hydrogens is 152 g/mol. The van der Waals surface area contributed by atoms with Crippen LogP contribution in [0.2, 0.25) is 0 Å². The largest absolute Gasteiger partial charge is 0.0836 e. The lowest BCUT2D eigenvalue weighted by Gasteiger charge is -2.20. The van der Waals surface area contributed by atoms with Crippen molar-refractivity contribution in [1.82, 2.24) is 0 Å². The van der Waals surface area contributed by atoms with E-state index in [2.05, 4.69) is 33.8 Å². The Kier molecular flexibility index (Phi) is 2.28. The summed E-state index contributed by atoms with van der Waals surface area (Å²) < 4.78 is 0. The number of rotatable bonds is 0. The zero-order valence-electron chi connectivity index (χ0n) is 7.49. The van der Waals surface area contributed by atoms with Gasteiger partial charge in [-0.05, 0) is 31.9 Å². The van der Waals surface area contributed by atoms with E-state index in [1.807, 2.05) is 0 Å². The van der Waals surface area contributed by atoms with E-state index >= 15 is 0 Å². The van der Waals surface area contributed by atoms with Crippen LogP contribution in [0.3, 0.4) is 0 Å². The van der Waals surface area contributed by atoms with E-state index in [4.69, 9.17) is 12.2 Å². The smallest absolute Gasteiger partial charge is 0.0302 e. The minimum atomic E-state index is 0.411. The fraction of sp³-hybridized carbons (Fsp3) is 0.500. The van der Waals surface area contributed by atoms with Gasteiger partial charge in [0.25, 0.3) is 0 Å². The maximum Gasteiger partial charge on any atom is 0.0302 e. The van der Waals surface area contributed by atoms with Crippen LogP contribution in [0, 0.1) is 12.0 Å². The van der Waals surface area contributed by atoms with E-state index in [1.165, 1.54) is 16.7 Å². The molecule has 0 heterocycles. The van der Waals surface area contributed by atoms with Gasteiger partial charge in [-0.2, -0.15) is 0 Å². The molecule has 0 aromatic heterocycles. The Labute approximate surface area is 74.0 Å². The fourth-order valence-corrected chi connectivity index (χ4v) is 1.53. The SMILES string of the molecule is CC1=[C]C(=S)C(C)C(C)=C1C. The Bertz CT molecular complexity index is 256. The zero-order chi connectivity index (χ0) is 8.59. The predicted octanol–water partition coefficient (Wildman–Crippen LogP) is 3.09. The van der Waals surface area contributed by atoms with Gasteiger partial charge in [0.2, 0.25) is 0 Å². The Hall–Kier alpha value is -0.430. The highest BCUT2D eigenvalue weighted by Crippen LogP contribution is 2.26. The van der Waals surface area contributed by atoms with Crippen molar-refractivity contribution < 1.29 is 0 Å². The monoisotopic (exact) mass is 165 g/mol. The van der Waals surface area contributed by atoms with Crippen molar-refractivity contribution in [3.63, 3.8) is 0 Å². The highest BCUT2D eigenvalue weighted by molar-refractivity contribution is 7.80. The Morgan fingerprint density at radius 1 is 1.27 bits per heavy atom. The molecule has 0 aromatic rings. The van der Waals surface area contributed by atoms with Crippen LogP contribution < -0.4 is 0 Å². The molecule has 0 aromatic carbocycles. The zero-order valence-corrected chi connectivity index (χ0v) is 8.30. The van der Waals surface area contributed by atoms with Crippen LogP contribution in [-0.2, 0) is 0 Å². The average Bonchev–Trinajstić information content (AvgIpc) is 1.97. The van der Waals surface area contributed by atoms with E-state index in [-0.39, 0.29) is 0 Å². The highest BCUT2D eigenvalue weighted by atomic mass is 32.1. The Balaban J connectivity index is 3.12. The number of thiocarbonyl (C=S) groups is 1. The molecule has 0 saturated carbocycles. The molecule has 1 radical (unpaired) electrons. The molecule has 1 unspecified atom stereocenters. The number of hydrogen-bond acceptors (Lipinski definition) is 1. The van der Waals surface area contributed by atoms with Crippen molar-refractivity contribution in [2.45, 2.75) is 27.7 Å². The van der Waals surface area contributed by atoms with Gasteiger partial charge in [0.05, 0.1) is 0 Å². The first-order valence-electron chi connectivity index (χ1n) is 3.86. The van der Waals surface area contributed by atoms with E-state index in [0.29, 0.717) is 5.92 Å². The van der Waals surface area contributed by atoms with Crippen LogP contribution in [0.5, 0.6) is 0 Å². The van der Waals surface area contributed by atoms with Gasteiger partial charge >= 0.3 is 0 Å². The standard InChI is InChI=1S/C10H13S/c1-6-5-10(11)9(4)8(3)7(6)2/h9H,1-4H3. The molecule has 0 bridgehead atoms. The topological polar surface area (TPSA) is 0 Å². The predicted molar refractivity (Wildman–Crippen MR) is 52.6 cm³/mol. The third kappa shape index (κ3) is 1.43. The van der Waals surface area contributed by atoms with Crippen molar-refractivity contribution in [2.24, 2.45) is 5.92 Å². The van der Waals surface area contributed by atoms with E-state index in [9.17, 15) is 0 Å². The van der Waals surface area contributed by atoms with Crippen molar-refractivity contribution >= 4 is 17.1 Å². The van der Waals surface area contributed by atoms with Crippen molar-refractivity contribution in [3.05, 3.63) is 22.8 Å². The summed E-state index contributed by atoms with van der Waals surface area (Å²) in [5.74, 6) is 0.411. The van der Waals surface area contributed by atoms with Crippen molar-refractivity contribution in [2.75, 3.05) is 0 Å². The van der Waals surface area contributed by atoms with E-state index in [0.717, 1.165) is 4.86 Å². The Morgan fingerprint density at radius 3 is 2.36 bits per heavy atom. The van der Waals surface area contributed by atoms with E-state index in [1.54, 1.807) is 0 Å². The molecule has 0 amide bonds. The van der Waals surface area contributed by atoms with Crippen LogP contribution in [0.25, 0.3) is 0 Å². The molecule has 1 atom stereocenters. The van der Waals surface area contributed by atoms with Crippen molar-refractivity contribution in [3.8, 4) is 0 Å². The second kappa shape index (κ2) is 2.90. The van der Waals surface area contributed by atoms with Crippen LogP contribution in [-0.4, -0.2) is 4.86 Å². The van der Waals surface area contributed by atoms with Crippen LogP contribution in [0.4, 0.5) is 0 Å². The third-order valence-electron chi connectivity index (χ3n) is 2.51. The van der Waals surface area contributed by atoms with Gasteiger partial charge in [0, 0.05) is 16.9 Å². The first-order valence-corrected chi connectivity index (χ1v) is 4.27. The average molecular weight is 165 g/mol. The number of hydrogen-bond donors (Lipinski definition) is 0. The molecule has 1 rings (SSSR count). The molecule has 0 aliphatic heterocycles. The molecule has 0 spiro atoms. The summed E-state index contributed by atoms with van der Waals surface area (Å²) in [7, 11) is 0. The summed E-state index contributed by atoms with van der Waals surface area (Å²) in [6.45, 7) is 8.49. The van der Waals surface area contributed by atoms with Crippen LogP contribution >= 0.6 is 12.2 Å². The van der Waals surface area contributed by atoms with Gasteiger partial charge in [-0.1, -0.05) is 24.7 Å². The third-order valence-corrected chi connectivity index (χ3v) is 2.96.